The predicted molar refractivity (Wildman–Crippen MR) is 189 cm³/mol. The molecule has 8 aromatic carbocycles. The van der Waals surface area contributed by atoms with E-state index in [9.17, 15) is 0 Å². The van der Waals surface area contributed by atoms with Crippen LogP contribution in [-0.4, -0.2) is 9.97 Å². The zero-order chi connectivity index (χ0) is 28.8. The third kappa shape index (κ3) is 3.20. The van der Waals surface area contributed by atoms with E-state index in [1.54, 1.807) is 0 Å². The lowest BCUT2D eigenvalue weighted by Crippen LogP contribution is -1.91. The third-order valence-corrected chi connectivity index (χ3v) is 9.53. The monoisotopic (exact) mass is 558 g/mol. The van der Waals surface area contributed by atoms with Gasteiger partial charge in [-0.05, 0) is 61.8 Å². The SMILES string of the molecule is c1ccc2c(c1)ccc1c3cc(-c4c5ccccc5c(-c5cccc6c5[nH]c5ccccc56)c5ccccc45)ccc3[nH]c21. The summed E-state index contributed by atoms with van der Waals surface area (Å²) in [5, 5.41) is 12.6. The zero-order valence-electron chi connectivity index (χ0n) is 23.9. The first-order chi connectivity index (χ1) is 21.8. The first-order valence-corrected chi connectivity index (χ1v) is 15.2. The minimum absolute atomic E-state index is 1.16. The van der Waals surface area contributed by atoms with Crippen LogP contribution in [-0.2, 0) is 0 Å². The molecule has 2 heteroatoms. The molecule has 0 fully saturated rings. The molecule has 10 aromatic rings. The quantitative estimate of drug-likeness (QED) is 0.198. The Kier molecular flexibility index (Phi) is 4.75. The molecule has 0 radical (unpaired) electrons. The van der Waals surface area contributed by atoms with Crippen molar-refractivity contribution in [3.63, 3.8) is 0 Å². The van der Waals surface area contributed by atoms with E-state index in [4.69, 9.17) is 0 Å². The van der Waals surface area contributed by atoms with Gasteiger partial charge in [0.05, 0.1) is 11.0 Å². The first-order valence-electron chi connectivity index (χ1n) is 15.2. The maximum Gasteiger partial charge on any atom is 0.0544 e. The van der Waals surface area contributed by atoms with Gasteiger partial charge in [-0.2, -0.15) is 0 Å². The molecular weight excluding hydrogens is 532 g/mol. The highest BCUT2D eigenvalue weighted by molar-refractivity contribution is 6.25. The van der Waals surface area contributed by atoms with Crippen LogP contribution in [0.2, 0.25) is 0 Å². The Labute approximate surface area is 253 Å². The predicted octanol–water partition coefficient (Wildman–Crippen LogP) is 11.7. The standard InChI is InChI=1S/C42H26N2/c1-2-11-27-25(10-1)20-22-34-36-24-26(21-23-38(36)44-41(27)34)39-29-13-3-5-15-31(29)40(32-16-6-4-14-30(32)39)35-18-9-17-33-28-12-7-8-19-37(28)43-42(33)35/h1-24,43-44H. The summed E-state index contributed by atoms with van der Waals surface area (Å²) in [6, 6.07) is 53.2. The highest BCUT2D eigenvalue weighted by Crippen LogP contribution is 2.46. The van der Waals surface area contributed by atoms with Gasteiger partial charge in [0.2, 0.25) is 0 Å². The summed E-state index contributed by atoms with van der Waals surface area (Å²) < 4.78 is 0. The number of benzene rings is 8. The summed E-state index contributed by atoms with van der Waals surface area (Å²) >= 11 is 0. The van der Waals surface area contributed by atoms with Crippen molar-refractivity contribution in [1.29, 1.82) is 0 Å². The molecule has 0 spiro atoms. The van der Waals surface area contributed by atoms with Gasteiger partial charge >= 0.3 is 0 Å². The van der Waals surface area contributed by atoms with Crippen molar-refractivity contribution in [2.45, 2.75) is 0 Å². The fourth-order valence-corrected chi connectivity index (χ4v) is 7.61. The summed E-state index contributed by atoms with van der Waals surface area (Å²) in [4.78, 5) is 7.49. The molecule has 2 N–H and O–H groups in total. The van der Waals surface area contributed by atoms with E-state index in [2.05, 4.69) is 156 Å². The van der Waals surface area contributed by atoms with Gasteiger partial charge in [0.1, 0.15) is 0 Å². The lowest BCUT2D eigenvalue weighted by Gasteiger charge is -2.18. The van der Waals surface area contributed by atoms with Crippen LogP contribution in [0.15, 0.2) is 146 Å². The number of H-pyrrole nitrogens is 2. The minimum atomic E-state index is 1.16. The molecule has 2 aromatic heterocycles. The van der Waals surface area contributed by atoms with E-state index in [-0.39, 0.29) is 0 Å². The summed E-state index contributed by atoms with van der Waals surface area (Å²) in [5.74, 6) is 0. The molecule has 0 saturated carbocycles. The number of rotatable bonds is 2. The molecule has 0 unspecified atom stereocenters. The van der Waals surface area contributed by atoms with Crippen LogP contribution in [0.25, 0.3) is 98.2 Å². The number of nitrogens with one attached hydrogen (secondary N) is 2. The number of hydrogen-bond donors (Lipinski definition) is 2. The average Bonchev–Trinajstić information content (AvgIpc) is 3.66. The van der Waals surface area contributed by atoms with Gasteiger partial charge in [0.15, 0.2) is 0 Å². The second-order valence-electron chi connectivity index (χ2n) is 11.8. The van der Waals surface area contributed by atoms with Crippen molar-refractivity contribution in [2.75, 3.05) is 0 Å². The van der Waals surface area contributed by atoms with E-state index in [0.29, 0.717) is 0 Å². The Morgan fingerprint density at radius 1 is 0.318 bits per heavy atom. The fraction of sp³-hybridized carbons (Fsp3) is 0. The van der Waals surface area contributed by atoms with Gasteiger partial charge in [-0.3, -0.25) is 0 Å². The Balaban J connectivity index is 1.30. The third-order valence-electron chi connectivity index (χ3n) is 9.53. The lowest BCUT2D eigenvalue weighted by molar-refractivity contribution is 1.54. The molecule has 10 rings (SSSR count). The number of para-hydroxylation sites is 2. The van der Waals surface area contributed by atoms with Gasteiger partial charge < -0.3 is 9.97 Å². The van der Waals surface area contributed by atoms with Gasteiger partial charge in [-0.15, -0.1) is 0 Å². The second-order valence-corrected chi connectivity index (χ2v) is 11.8. The zero-order valence-corrected chi connectivity index (χ0v) is 23.9. The van der Waals surface area contributed by atoms with Crippen molar-refractivity contribution in [1.82, 2.24) is 9.97 Å². The first kappa shape index (κ1) is 23.7. The van der Waals surface area contributed by atoms with Crippen LogP contribution in [0.4, 0.5) is 0 Å². The van der Waals surface area contributed by atoms with Gasteiger partial charge in [0, 0.05) is 43.5 Å². The van der Waals surface area contributed by atoms with Crippen LogP contribution in [0.1, 0.15) is 0 Å². The van der Waals surface area contributed by atoms with E-state index in [0.717, 1.165) is 5.52 Å². The molecule has 0 aliphatic carbocycles. The Morgan fingerprint density at radius 2 is 0.886 bits per heavy atom. The molecule has 0 saturated heterocycles. The van der Waals surface area contributed by atoms with Gasteiger partial charge in [-0.1, -0.05) is 127 Å². The highest BCUT2D eigenvalue weighted by atomic mass is 14.7. The second kappa shape index (κ2) is 8.82. The van der Waals surface area contributed by atoms with Crippen LogP contribution in [0, 0.1) is 0 Å². The number of hydrogen-bond acceptors (Lipinski definition) is 0. The van der Waals surface area contributed by atoms with Crippen molar-refractivity contribution in [2.24, 2.45) is 0 Å². The Hall–Kier alpha value is -5.86. The number of aromatic nitrogens is 2. The molecule has 2 nitrogen and oxygen atoms in total. The molecule has 0 atom stereocenters. The lowest BCUT2D eigenvalue weighted by atomic mass is 9.85. The van der Waals surface area contributed by atoms with Crippen LogP contribution in [0.5, 0.6) is 0 Å². The molecule has 44 heavy (non-hydrogen) atoms. The van der Waals surface area contributed by atoms with E-state index in [1.807, 2.05) is 0 Å². The minimum Gasteiger partial charge on any atom is -0.354 e. The molecular formula is C42H26N2. The molecule has 0 amide bonds. The summed E-state index contributed by atoms with van der Waals surface area (Å²) in [6.45, 7) is 0. The highest BCUT2D eigenvalue weighted by Gasteiger charge is 2.19. The van der Waals surface area contributed by atoms with E-state index in [1.165, 1.54) is 92.7 Å². The fourth-order valence-electron chi connectivity index (χ4n) is 7.61. The van der Waals surface area contributed by atoms with Crippen molar-refractivity contribution < 1.29 is 0 Å². The van der Waals surface area contributed by atoms with Crippen molar-refractivity contribution >= 4 is 75.9 Å². The smallest absolute Gasteiger partial charge is 0.0544 e. The normalized spacial score (nSPS) is 12.1. The number of aromatic amines is 2. The van der Waals surface area contributed by atoms with Crippen LogP contribution >= 0.6 is 0 Å². The summed E-state index contributed by atoms with van der Waals surface area (Å²) in [6.07, 6.45) is 0. The van der Waals surface area contributed by atoms with Gasteiger partial charge in [0.25, 0.3) is 0 Å². The van der Waals surface area contributed by atoms with E-state index < -0.39 is 0 Å². The van der Waals surface area contributed by atoms with Crippen LogP contribution in [0.3, 0.4) is 0 Å². The summed E-state index contributed by atoms with van der Waals surface area (Å²) in [7, 11) is 0. The van der Waals surface area contributed by atoms with Crippen molar-refractivity contribution in [3.05, 3.63) is 146 Å². The molecule has 0 bridgehead atoms. The topological polar surface area (TPSA) is 31.6 Å². The molecule has 2 heterocycles. The summed E-state index contributed by atoms with van der Waals surface area (Å²) in [5.41, 5.74) is 9.73. The van der Waals surface area contributed by atoms with Crippen molar-refractivity contribution in [3.8, 4) is 22.3 Å². The molecule has 0 aliphatic rings. The van der Waals surface area contributed by atoms with Crippen LogP contribution < -0.4 is 0 Å². The Bertz CT molecular complexity index is 2720. The largest absolute Gasteiger partial charge is 0.354 e. The Morgan fingerprint density at radius 3 is 1.66 bits per heavy atom. The van der Waals surface area contributed by atoms with E-state index >= 15 is 0 Å². The number of fused-ring (bicyclic) bond motifs is 10. The molecule has 0 aliphatic heterocycles. The maximum atomic E-state index is 3.76. The van der Waals surface area contributed by atoms with Gasteiger partial charge in [-0.25, -0.2) is 0 Å². The molecule has 204 valence electrons. The average molecular weight is 559 g/mol. The maximum absolute atomic E-state index is 3.76.